The van der Waals surface area contributed by atoms with Crippen LogP contribution < -0.4 is 4.90 Å². The molecule has 0 saturated carbocycles. The number of rotatable bonds is 1. The molecule has 1 aliphatic carbocycles. The molecule has 0 radical (unpaired) electrons. The van der Waals surface area contributed by atoms with Crippen LogP contribution in [0.5, 0.6) is 0 Å². The molecule has 1 aromatic heterocycles. The zero-order chi connectivity index (χ0) is 12.7. The highest BCUT2D eigenvalue weighted by Crippen LogP contribution is 2.25. The zero-order valence-corrected chi connectivity index (χ0v) is 11.4. The van der Waals surface area contributed by atoms with Gasteiger partial charge in [-0.15, -0.1) is 0 Å². The van der Waals surface area contributed by atoms with Crippen molar-refractivity contribution in [2.24, 2.45) is 0 Å². The average Bonchev–Trinajstić information content (AvgIpc) is 2.76. The summed E-state index contributed by atoms with van der Waals surface area (Å²) in [7, 11) is 0. The normalized spacial score (nSPS) is 27.4. The number of anilines is 1. The van der Waals surface area contributed by atoms with Crippen LogP contribution in [-0.2, 0) is 17.6 Å². The van der Waals surface area contributed by atoms with E-state index in [1.165, 1.54) is 23.4 Å². The molecule has 0 spiro atoms. The molecule has 98 valence electrons. The van der Waals surface area contributed by atoms with Crippen molar-refractivity contribution in [3.8, 4) is 0 Å². The summed E-state index contributed by atoms with van der Waals surface area (Å²) in [4.78, 5) is 11.7. The minimum Gasteiger partial charge on any atom is -0.372 e. The van der Waals surface area contributed by atoms with E-state index < -0.39 is 0 Å². The number of fused-ring (bicyclic) bond motifs is 1. The molecule has 0 unspecified atom stereocenters. The lowest BCUT2D eigenvalue weighted by Gasteiger charge is -2.35. The second-order valence-corrected chi connectivity index (χ2v) is 5.55. The number of aryl methyl sites for hydroxylation is 2. The Morgan fingerprint density at radius 2 is 1.83 bits per heavy atom. The molecule has 2 heterocycles. The first kappa shape index (κ1) is 11.9. The Hall–Kier alpha value is -1.16. The molecule has 2 atom stereocenters. The van der Waals surface area contributed by atoms with Gasteiger partial charge in [0.1, 0.15) is 0 Å². The highest BCUT2D eigenvalue weighted by molar-refractivity contribution is 5.39. The van der Waals surface area contributed by atoms with E-state index in [2.05, 4.69) is 25.7 Å². The van der Waals surface area contributed by atoms with Crippen molar-refractivity contribution in [3.05, 3.63) is 17.0 Å². The van der Waals surface area contributed by atoms with Crippen molar-refractivity contribution >= 4 is 5.95 Å². The Balaban J connectivity index is 1.90. The fourth-order valence-corrected chi connectivity index (χ4v) is 3.09. The molecule has 1 fully saturated rings. The predicted octanol–water partition coefficient (Wildman–Crippen LogP) is 1.89. The molecule has 2 aliphatic rings. The molecule has 3 rings (SSSR count). The third kappa shape index (κ3) is 2.09. The van der Waals surface area contributed by atoms with E-state index in [0.29, 0.717) is 0 Å². The molecule has 0 bridgehead atoms. The molecular weight excluding hydrogens is 226 g/mol. The van der Waals surface area contributed by atoms with E-state index in [-0.39, 0.29) is 12.2 Å². The topological polar surface area (TPSA) is 38.2 Å². The van der Waals surface area contributed by atoms with E-state index in [4.69, 9.17) is 14.7 Å². The summed E-state index contributed by atoms with van der Waals surface area (Å²) in [6.45, 7) is 8.12. The third-order valence-electron chi connectivity index (χ3n) is 3.83. The van der Waals surface area contributed by atoms with E-state index in [1.54, 1.807) is 0 Å². The second-order valence-electron chi connectivity index (χ2n) is 5.55. The number of morpholine rings is 1. The van der Waals surface area contributed by atoms with Crippen molar-refractivity contribution in [2.45, 2.75) is 52.2 Å². The van der Waals surface area contributed by atoms with Gasteiger partial charge >= 0.3 is 0 Å². The van der Waals surface area contributed by atoms with Gasteiger partial charge in [0.05, 0.1) is 12.2 Å². The summed E-state index contributed by atoms with van der Waals surface area (Å²) in [6, 6.07) is 0. The monoisotopic (exact) mass is 247 g/mol. The Bertz CT molecular complexity index is 451. The standard InChI is InChI=1S/C14H21N3O/c1-9-7-17(8-10(2)18-9)14-15-11(3)12-5-4-6-13(12)16-14/h9-10H,4-8H2,1-3H3/t9-,10-/m0/s1. The summed E-state index contributed by atoms with van der Waals surface area (Å²) in [5.41, 5.74) is 3.82. The molecule has 1 aromatic rings. The SMILES string of the molecule is Cc1nc(N2C[C@H](C)O[C@@H](C)C2)nc2c1CCC2. The maximum Gasteiger partial charge on any atom is 0.225 e. The number of nitrogens with zero attached hydrogens (tertiary/aromatic N) is 3. The molecule has 1 saturated heterocycles. The van der Waals surface area contributed by atoms with Gasteiger partial charge in [0.25, 0.3) is 0 Å². The summed E-state index contributed by atoms with van der Waals surface area (Å²) in [5, 5.41) is 0. The van der Waals surface area contributed by atoms with Gasteiger partial charge in [-0.25, -0.2) is 9.97 Å². The first-order valence-corrected chi connectivity index (χ1v) is 6.90. The molecular formula is C14H21N3O. The Kier molecular flexibility index (Phi) is 2.98. The largest absolute Gasteiger partial charge is 0.372 e. The first-order chi connectivity index (χ1) is 8.63. The van der Waals surface area contributed by atoms with Crippen LogP contribution in [0, 0.1) is 6.92 Å². The number of hydrogen-bond acceptors (Lipinski definition) is 4. The summed E-state index contributed by atoms with van der Waals surface area (Å²) >= 11 is 0. The van der Waals surface area contributed by atoms with Crippen LogP contribution in [0.4, 0.5) is 5.95 Å². The lowest BCUT2D eigenvalue weighted by Crippen LogP contribution is -2.46. The van der Waals surface area contributed by atoms with Crippen LogP contribution in [0.3, 0.4) is 0 Å². The quantitative estimate of drug-likeness (QED) is 0.759. The number of hydrogen-bond donors (Lipinski definition) is 0. The van der Waals surface area contributed by atoms with Gasteiger partial charge in [0, 0.05) is 24.5 Å². The van der Waals surface area contributed by atoms with Crippen molar-refractivity contribution in [1.82, 2.24) is 9.97 Å². The summed E-state index contributed by atoms with van der Waals surface area (Å²) < 4.78 is 5.76. The van der Waals surface area contributed by atoms with Crippen LogP contribution in [0.2, 0.25) is 0 Å². The maximum absolute atomic E-state index is 5.76. The molecule has 0 aromatic carbocycles. The molecule has 4 nitrogen and oxygen atoms in total. The van der Waals surface area contributed by atoms with Gasteiger partial charge in [-0.05, 0) is 45.6 Å². The van der Waals surface area contributed by atoms with E-state index in [0.717, 1.165) is 31.9 Å². The van der Waals surface area contributed by atoms with Crippen LogP contribution in [0.25, 0.3) is 0 Å². The maximum atomic E-state index is 5.76. The van der Waals surface area contributed by atoms with Gasteiger partial charge in [0.15, 0.2) is 0 Å². The Morgan fingerprint density at radius 3 is 2.56 bits per heavy atom. The van der Waals surface area contributed by atoms with Gasteiger partial charge < -0.3 is 9.64 Å². The lowest BCUT2D eigenvalue weighted by molar-refractivity contribution is -0.00574. The summed E-state index contributed by atoms with van der Waals surface area (Å²) in [5.74, 6) is 0.898. The van der Waals surface area contributed by atoms with Crippen LogP contribution in [0.15, 0.2) is 0 Å². The second kappa shape index (κ2) is 4.50. The zero-order valence-electron chi connectivity index (χ0n) is 11.4. The van der Waals surface area contributed by atoms with E-state index in [9.17, 15) is 0 Å². The highest BCUT2D eigenvalue weighted by Gasteiger charge is 2.26. The van der Waals surface area contributed by atoms with Crippen molar-refractivity contribution < 1.29 is 4.74 Å². The number of ether oxygens (including phenoxy) is 1. The van der Waals surface area contributed by atoms with Crippen molar-refractivity contribution in [3.63, 3.8) is 0 Å². The molecule has 0 N–H and O–H groups in total. The van der Waals surface area contributed by atoms with Crippen LogP contribution >= 0.6 is 0 Å². The fourth-order valence-electron chi connectivity index (χ4n) is 3.09. The van der Waals surface area contributed by atoms with Crippen LogP contribution in [0.1, 0.15) is 37.2 Å². The summed E-state index contributed by atoms with van der Waals surface area (Å²) in [6.07, 6.45) is 4.00. The van der Waals surface area contributed by atoms with Gasteiger partial charge in [0.2, 0.25) is 5.95 Å². The number of aromatic nitrogens is 2. The molecule has 1 aliphatic heterocycles. The minimum absolute atomic E-state index is 0.255. The minimum atomic E-state index is 0.255. The fraction of sp³-hybridized carbons (Fsp3) is 0.714. The molecule has 18 heavy (non-hydrogen) atoms. The van der Waals surface area contributed by atoms with Gasteiger partial charge in [-0.2, -0.15) is 0 Å². The van der Waals surface area contributed by atoms with E-state index in [1.807, 2.05) is 0 Å². The lowest BCUT2D eigenvalue weighted by atomic mass is 10.2. The third-order valence-corrected chi connectivity index (χ3v) is 3.83. The predicted molar refractivity (Wildman–Crippen MR) is 71.0 cm³/mol. The van der Waals surface area contributed by atoms with Crippen LogP contribution in [-0.4, -0.2) is 35.3 Å². The average molecular weight is 247 g/mol. The molecule has 0 amide bonds. The first-order valence-electron chi connectivity index (χ1n) is 6.90. The molecule has 4 heteroatoms. The van der Waals surface area contributed by atoms with Gasteiger partial charge in [-0.3, -0.25) is 0 Å². The highest BCUT2D eigenvalue weighted by atomic mass is 16.5. The van der Waals surface area contributed by atoms with E-state index >= 15 is 0 Å². The Morgan fingerprint density at radius 1 is 1.11 bits per heavy atom. The van der Waals surface area contributed by atoms with Crippen molar-refractivity contribution in [2.75, 3.05) is 18.0 Å². The smallest absolute Gasteiger partial charge is 0.225 e. The van der Waals surface area contributed by atoms with Gasteiger partial charge in [-0.1, -0.05) is 0 Å². The van der Waals surface area contributed by atoms with Crippen molar-refractivity contribution in [1.29, 1.82) is 0 Å². The Labute approximate surface area is 108 Å².